The summed E-state index contributed by atoms with van der Waals surface area (Å²) in [7, 11) is 0. The number of fused-ring (bicyclic) bond motifs is 1. The lowest BCUT2D eigenvalue weighted by Crippen LogP contribution is -2.67. The molecule has 3 fully saturated rings. The van der Waals surface area contributed by atoms with Crippen LogP contribution in [0.2, 0.25) is 0 Å². The van der Waals surface area contributed by atoms with Gasteiger partial charge in [0.2, 0.25) is 5.91 Å². The molecule has 0 aromatic heterocycles. The van der Waals surface area contributed by atoms with Crippen LogP contribution in [0.25, 0.3) is 0 Å². The van der Waals surface area contributed by atoms with Gasteiger partial charge in [-0.15, -0.1) is 0 Å². The molecule has 4 rings (SSSR count). The fourth-order valence-electron chi connectivity index (χ4n) is 6.06. The van der Waals surface area contributed by atoms with E-state index in [1.54, 1.807) is 25.7 Å². The van der Waals surface area contributed by atoms with Gasteiger partial charge in [0.25, 0.3) is 0 Å². The molecule has 1 aliphatic carbocycles. The first-order valence-electron chi connectivity index (χ1n) is 12.3. The molecule has 2 aliphatic heterocycles. The highest BCUT2D eigenvalue weighted by molar-refractivity contribution is 5.76. The van der Waals surface area contributed by atoms with E-state index in [-0.39, 0.29) is 29.8 Å². The molecule has 2 N–H and O–H groups in total. The van der Waals surface area contributed by atoms with Crippen molar-refractivity contribution in [2.45, 2.75) is 70.7 Å². The Bertz CT molecular complexity index is 890. The van der Waals surface area contributed by atoms with Gasteiger partial charge >= 0.3 is 6.09 Å². The zero-order chi connectivity index (χ0) is 24.6. The van der Waals surface area contributed by atoms with Crippen molar-refractivity contribution in [1.82, 2.24) is 20.2 Å². The summed E-state index contributed by atoms with van der Waals surface area (Å²) in [6, 6.07) is 5.16. The van der Waals surface area contributed by atoms with E-state index in [9.17, 15) is 19.1 Å². The maximum atomic E-state index is 13.3. The number of aliphatic hydroxyl groups is 1. The Morgan fingerprint density at radius 1 is 1.15 bits per heavy atom. The van der Waals surface area contributed by atoms with Crippen molar-refractivity contribution in [3.8, 4) is 5.75 Å². The summed E-state index contributed by atoms with van der Waals surface area (Å²) in [4.78, 5) is 29.4. The van der Waals surface area contributed by atoms with E-state index in [1.807, 2.05) is 11.8 Å². The van der Waals surface area contributed by atoms with Crippen LogP contribution in [-0.2, 0) is 4.79 Å². The minimum Gasteiger partial charge on any atom is -0.410 e. The minimum absolute atomic E-state index is 0.0337. The lowest BCUT2D eigenvalue weighted by atomic mass is 9.73. The number of benzene rings is 1. The summed E-state index contributed by atoms with van der Waals surface area (Å²) in [5, 5.41) is 12.3. The largest absolute Gasteiger partial charge is 0.415 e. The summed E-state index contributed by atoms with van der Waals surface area (Å²) >= 11 is 0. The number of hydrazine groups is 1. The summed E-state index contributed by atoms with van der Waals surface area (Å²) in [5.41, 5.74) is 2.63. The third-order valence-electron chi connectivity index (χ3n) is 7.41. The molecular weight excluding hydrogens is 439 g/mol. The van der Waals surface area contributed by atoms with Crippen LogP contribution >= 0.6 is 0 Å². The number of hydrogen-bond donors (Lipinski definition) is 2. The van der Waals surface area contributed by atoms with Crippen LogP contribution in [0.3, 0.4) is 0 Å². The summed E-state index contributed by atoms with van der Waals surface area (Å²) in [5.74, 6) is 0.750. The number of piperazine rings is 1. The van der Waals surface area contributed by atoms with Crippen molar-refractivity contribution in [2.75, 3.05) is 26.2 Å². The van der Waals surface area contributed by atoms with Gasteiger partial charge in [-0.3, -0.25) is 10.2 Å². The lowest BCUT2D eigenvalue weighted by molar-refractivity contribution is -0.142. The third kappa shape index (κ3) is 5.53. The van der Waals surface area contributed by atoms with Gasteiger partial charge in [0.05, 0.1) is 17.7 Å². The molecule has 5 atom stereocenters. The second-order valence-corrected chi connectivity index (χ2v) is 10.8. The van der Waals surface area contributed by atoms with Crippen molar-refractivity contribution < 1.29 is 23.8 Å². The molecule has 188 valence electrons. The number of carbonyl (C=O) groups is 2. The molecule has 9 heteroatoms. The summed E-state index contributed by atoms with van der Waals surface area (Å²) in [6.45, 7) is 9.81. The average molecular weight is 477 g/mol. The third-order valence-corrected chi connectivity index (χ3v) is 7.41. The Morgan fingerprint density at radius 2 is 1.85 bits per heavy atom. The molecule has 1 aromatic rings. The van der Waals surface area contributed by atoms with Crippen molar-refractivity contribution in [3.63, 3.8) is 0 Å². The first-order valence-corrected chi connectivity index (χ1v) is 12.3. The Hall–Kier alpha value is -2.23. The fourth-order valence-corrected chi connectivity index (χ4v) is 6.06. The number of nitrogens with zero attached hydrogens (tertiary/aromatic N) is 3. The van der Waals surface area contributed by atoms with E-state index in [1.165, 1.54) is 24.3 Å². The van der Waals surface area contributed by atoms with Gasteiger partial charge in [-0.1, -0.05) is 0 Å². The molecular formula is C25H37FN4O4. The number of amides is 2. The first kappa shape index (κ1) is 24.9. The van der Waals surface area contributed by atoms with Crippen LogP contribution in [0.15, 0.2) is 24.3 Å². The highest BCUT2D eigenvalue weighted by Gasteiger charge is 2.48. The van der Waals surface area contributed by atoms with Crippen LogP contribution < -0.4 is 10.2 Å². The molecule has 1 saturated carbocycles. The minimum atomic E-state index is -0.776. The number of hydrogen-bond acceptors (Lipinski definition) is 6. The Balaban J connectivity index is 1.49. The van der Waals surface area contributed by atoms with E-state index < -0.39 is 11.7 Å². The van der Waals surface area contributed by atoms with Gasteiger partial charge in [-0.25, -0.2) is 14.2 Å². The maximum absolute atomic E-state index is 13.3. The summed E-state index contributed by atoms with van der Waals surface area (Å²) in [6.07, 6.45) is 2.16. The Kier molecular flexibility index (Phi) is 7.17. The van der Waals surface area contributed by atoms with E-state index in [4.69, 9.17) is 4.74 Å². The topological polar surface area (TPSA) is 85.4 Å². The molecule has 0 spiro atoms. The van der Waals surface area contributed by atoms with Crippen LogP contribution in [-0.4, -0.2) is 81.8 Å². The zero-order valence-electron chi connectivity index (χ0n) is 20.5. The second-order valence-electron chi connectivity index (χ2n) is 10.8. The predicted molar refractivity (Wildman–Crippen MR) is 125 cm³/mol. The molecule has 8 nitrogen and oxygen atoms in total. The van der Waals surface area contributed by atoms with Crippen LogP contribution in [0, 0.1) is 17.7 Å². The standard InChI is InChI=1S/C25H37FN4O4/c1-16-13-29(24(32)34-21-8-6-20(26)7-9-21)23-11-18(5-10-22(23)30(16)17(2)31)19-12-27-28(14-19)15-25(3,4)33/h6-9,16,18-19,22-23,27,33H,5,10-15H2,1-4H3/t16-,18?,19?,22?,23?/m0/s1. The number of β-amino-alcohol motifs (C(OH)–C–C–N with tert-alkyl or cyclic N) is 1. The molecule has 4 unspecified atom stereocenters. The van der Waals surface area contributed by atoms with Crippen molar-refractivity contribution in [1.29, 1.82) is 0 Å². The lowest BCUT2D eigenvalue weighted by Gasteiger charge is -2.54. The van der Waals surface area contributed by atoms with Crippen LogP contribution in [0.5, 0.6) is 5.75 Å². The monoisotopic (exact) mass is 476 g/mol. The zero-order valence-corrected chi connectivity index (χ0v) is 20.5. The predicted octanol–water partition coefficient (Wildman–Crippen LogP) is 2.62. The molecule has 2 amide bonds. The molecule has 0 bridgehead atoms. The molecule has 2 heterocycles. The molecule has 1 aromatic carbocycles. The average Bonchev–Trinajstić information content (AvgIpc) is 3.20. The SMILES string of the molecule is CC(=O)N1C2CCC(C3CNN(CC(C)(C)O)C3)CC2N(C(=O)Oc2ccc(F)cc2)C[C@@H]1C. The van der Waals surface area contributed by atoms with E-state index in [2.05, 4.69) is 10.4 Å². The molecule has 0 radical (unpaired) electrons. The highest BCUT2D eigenvalue weighted by Crippen LogP contribution is 2.40. The van der Waals surface area contributed by atoms with Gasteiger partial charge in [0.1, 0.15) is 11.6 Å². The quantitative estimate of drug-likeness (QED) is 0.695. The van der Waals surface area contributed by atoms with Crippen molar-refractivity contribution in [3.05, 3.63) is 30.1 Å². The number of carbonyl (C=O) groups excluding carboxylic acids is 2. The normalized spacial score (nSPS) is 30.2. The van der Waals surface area contributed by atoms with Crippen molar-refractivity contribution in [2.24, 2.45) is 11.8 Å². The fraction of sp³-hybridized carbons (Fsp3) is 0.680. The number of ether oxygens (including phenoxy) is 1. The van der Waals surface area contributed by atoms with Crippen molar-refractivity contribution >= 4 is 12.0 Å². The Morgan fingerprint density at radius 3 is 2.50 bits per heavy atom. The van der Waals surface area contributed by atoms with Gasteiger partial charge in [0, 0.05) is 39.1 Å². The van der Waals surface area contributed by atoms with Gasteiger partial charge in [0.15, 0.2) is 0 Å². The number of nitrogens with one attached hydrogen (secondary N) is 1. The van der Waals surface area contributed by atoms with Crippen LogP contribution in [0.4, 0.5) is 9.18 Å². The second kappa shape index (κ2) is 9.79. The number of rotatable bonds is 4. The van der Waals surface area contributed by atoms with Gasteiger partial charge in [-0.2, -0.15) is 0 Å². The molecule has 3 aliphatic rings. The summed E-state index contributed by atoms with van der Waals surface area (Å²) < 4.78 is 18.9. The smallest absolute Gasteiger partial charge is 0.410 e. The van der Waals surface area contributed by atoms with E-state index in [0.29, 0.717) is 30.7 Å². The number of halogens is 1. The van der Waals surface area contributed by atoms with E-state index in [0.717, 1.165) is 32.4 Å². The maximum Gasteiger partial charge on any atom is 0.415 e. The highest BCUT2D eigenvalue weighted by atomic mass is 19.1. The molecule has 34 heavy (non-hydrogen) atoms. The van der Waals surface area contributed by atoms with Gasteiger partial charge < -0.3 is 19.6 Å². The van der Waals surface area contributed by atoms with E-state index >= 15 is 0 Å². The Labute approximate surface area is 201 Å². The first-order chi connectivity index (χ1) is 16.0. The molecule has 2 saturated heterocycles. The van der Waals surface area contributed by atoms with Crippen LogP contribution in [0.1, 0.15) is 47.0 Å². The van der Waals surface area contributed by atoms with Gasteiger partial charge in [-0.05, 0) is 76.1 Å².